The Hall–Kier alpha value is -3.55. The van der Waals surface area contributed by atoms with Gasteiger partial charge >= 0.3 is 5.97 Å². The van der Waals surface area contributed by atoms with Gasteiger partial charge in [-0.05, 0) is 107 Å². The minimum atomic E-state index is -0.263. The standard InChI is InChI=1S/C43H50O4S2/c1-5-7-9-11-13-31-15-19-33(20-16-31)39-23-25-41(48-39)37-28-36(30-47-46-4)38(27-35(37)29-43(44)45-3)42-26-24-40(49-42)34-21-17-32(18-22-34)14-12-10-8-6-2/h15-28H,5-14,29-30H2,1-4H3. The quantitative estimate of drug-likeness (QED) is 0.0373. The number of rotatable bonds is 19. The van der Waals surface area contributed by atoms with Crippen LogP contribution in [0.25, 0.3) is 41.8 Å². The molecule has 2 heterocycles. The van der Waals surface area contributed by atoms with E-state index in [4.69, 9.17) is 14.5 Å². The van der Waals surface area contributed by atoms with Crippen LogP contribution >= 0.6 is 22.7 Å². The second-order valence-corrected chi connectivity index (χ2v) is 14.9. The van der Waals surface area contributed by atoms with Crippen LogP contribution in [-0.2, 0) is 45.2 Å². The van der Waals surface area contributed by atoms with Gasteiger partial charge in [0.25, 0.3) is 0 Å². The first-order valence-electron chi connectivity index (χ1n) is 17.8. The molecule has 0 amide bonds. The van der Waals surface area contributed by atoms with E-state index in [0.717, 1.165) is 44.8 Å². The summed E-state index contributed by atoms with van der Waals surface area (Å²) in [4.78, 5) is 27.9. The van der Waals surface area contributed by atoms with E-state index in [2.05, 4.69) is 98.8 Å². The lowest BCUT2D eigenvalue weighted by Gasteiger charge is -2.15. The Morgan fingerprint density at radius 3 is 1.51 bits per heavy atom. The number of unbranched alkanes of at least 4 members (excludes halogenated alkanes) is 6. The van der Waals surface area contributed by atoms with Gasteiger partial charge < -0.3 is 4.74 Å². The molecule has 3 aromatic carbocycles. The summed E-state index contributed by atoms with van der Waals surface area (Å²) in [7, 11) is 2.98. The van der Waals surface area contributed by atoms with Crippen LogP contribution in [-0.4, -0.2) is 20.2 Å². The summed E-state index contributed by atoms with van der Waals surface area (Å²) in [6.07, 6.45) is 12.6. The fourth-order valence-electron chi connectivity index (χ4n) is 6.22. The second kappa shape index (κ2) is 19.0. The normalized spacial score (nSPS) is 11.3. The van der Waals surface area contributed by atoms with Gasteiger partial charge in [-0.2, -0.15) is 0 Å². The topological polar surface area (TPSA) is 44.8 Å². The van der Waals surface area contributed by atoms with Crippen molar-refractivity contribution in [2.45, 2.75) is 91.1 Å². The summed E-state index contributed by atoms with van der Waals surface area (Å²) in [6, 6.07) is 31.0. The van der Waals surface area contributed by atoms with Gasteiger partial charge in [-0.3, -0.25) is 4.79 Å². The third-order valence-electron chi connectivity index (χ3n) is 9.08. The van der Waals surface area contributed by atoms with Gasteiger partial charge in [0.1, 0.15) is 6.61 Å². The zero-order chi connectivity index (χ0) is 34.4. The van der Waals surface area contributed by atoms with Gasteiger partial charge in [-0.1, -0.05) is 101 Å². The molecule has 5 rings (SSSR count). The van der Waals surface area contributed by atoms with Crippen molar-refractivity contribution in [1.29, 1.82) is 0 Å². The van der Waals surface area contributed by atoms with E-state index in [9.17, 15) is 4.79 Å². The largest absolute Gasteiger partial charge is 0.469 e. The number of ether oxygens (including phenoxy) is 1. The third kappa shape index (κ3) is 10.2. The van der Waals surface area contributed by atoms with Crippen molar-refractivity contribution >= 4 is 28.6 Å². The first-order chi connectivity index (χ1) is 24.0. The Labute approximate surface area is 301 Å². The summed E-state index contributed by atoms with van der Waals surface area (Å²) >= 11 is 3.49. The maximum Gasteiger partial charge on any atom is 0.310 e. The Bertz CT molecular complexity index is 1750. The van der Waals surface area contributed by atoms with E-state index < -0.39 is 0 Å². The van der Waals surface area contributed by atoms with E-state index in [0.29, 0.717) is 0 Å². The summed E-state index contributed by atoms with van der Waals surface area (Å²) in [6.45, 7) is 4.79. The fourth-order valence-corrected chi connectivity index (χ4v) is 8.35. The monoisotopic (exact) mass is 694 g/mol. The van der Waals surface area contributed by atoms with Crippen LogP contribution in [0.3, 0.4) is 0 Å². The molecule has 0 aliphatic heterocycles. The molecule has 0 saturated carbocycles. The maximum absolute atomic E-state index is 12.7. The summed E-state index contributed by atoms with van der Waals surface area (Å²) < 4.78 is 5.14. The molecule has 0 N–H and O–H groups in total. The van der Waals surface area contributed by atoms with Crippen LogP contribution < -0.4 is 0 Å². The van der Waals surface area contributed by atoms with Crippen molar-refractivity contribution < 1.29 is 19.3 Å². The van der Waals surface area contributed by atoms with Gasteiger partial charge in [0.15, 0.2) is 0 Å². The zero-order valence-corrected chi connectivity index (χ0v) is 31.2. The smallest absolute Gasteiger partial charge is 0.310 e. The number of hydrogen-bond acceptors (Lipinski definition) is 6. The van der Waals surface area contributed by atoms with Crippen LogP contribution in [0.2, 0.25) is 0 Å². The predicted molar refractivity (Wildman–Crippen MR) is 207 cm³/mol. The molecular weight excluding hydrogens is 645 g/mol. The molecule has 0 unspecified atom stereocenters. The minimum absolute atomic E-state index is 0.183. The highest BCUT2D eigenvalue weighted by molar-refractivity contribution is 7.19. The number of hydrogen-bond donors (Lipinski definition) is 0. The van der Waals surface area contributed by atoms with E-state index in [1.807, 2.05) is 0 Å². The Morgan fingerprint density at radius 1 is 0.571 bits per heavy atom. The summed E-state index contributed by atoms with van der Waals surface area (Å²) in [5, 5.41) is 0. The van der Waals surface area contributed by atoms with Crippen LogP contribution in [0.5, 0.6) is 0 Å². The van der Waals surface area contributed by atoms with Gasteiger partial charge in [-0.25, -0.2) is 9.78 Å². The van der Waals surface area contributed by atoms with E-state index >= 15 is 0 Å². The molecule has 2 aromatic heterocycles. The number of aryl methyl sites for hydroxylation is 2. The number of methoxy groups -OCH3 is 1. The molecule has 0 fully saturated rings. The molecule has 0 aliphatic carbocycles. The van der Waals surface area contributed by atoms with Crippen LogP contribution in [0.4, 0.5) is 0 Å². The molecule has 4 nitrogen and oxygen atoms in total. The second-order valence-electron chi connectivity index (χ2n) is 12.7. The van der Waals surface area contributed by atoms with E-state index in [1.54, 1.807) is 22.7 Å². The third-order valence-corrected chi connectivity index (χ3v) is 11.4. The molecule has 6 heteroatoms. The SMILES string of the molecule is CCCCCCc1ccc(-c2ccc(-c3cc(CC(=O)OC)c(-c4ccc(-c5ccc(CCCCCC)cc5)s4)cc3COOC)s2)cc1. The van der Waals surface area contributed by atoms with Gasteiger partial charge in [0, 0.05) is 19.5 Å². The lowest BCUT2D eigenvalue weighted by molar-refractivity contribution is -0.282. The molecule has 258 valence electrons. The van der Waals surface area contributed by atoms with E-state index in [-0.39, 0.29) is 19.0 Å². The predicted octanol–water partition coefficient (Wildman–Crippen LogP) is 12.5. The van der Waals surface area contributed by atoms with Crippen molar-refractivity contribution in [3.8, 4) is 41.8 Å². The number of carbonyl (C=O) groups excluding carboxylic acids is 1. The molecule has 0 saturated heterocycles. The fraction of sp³-hybridized carbons (Fsp3) is 0.372. The van der Waals surface area contributed by atoms with Gasteiger partial charge in [0.05, 0.1) is 20.6 Å². The first kappa shape index (κ1) is 36.7. The zero-order valence-electron chi connectivity index (χ0n) is 29.5. The summed E-state index contributed by atoms with van der Waals surface area (Å²) in [5.41, 5.74) is 9.19. The highest BCUT2D eigenvalue weighted by Crippen LogP contribution is 2.42. The van der Waals surface area contributed by atoms with Crippen molar-refractivity contribution in [3.05, 3.63) is 107 Å². The number of esters is 1. The highest BCUT2D eigenvalue weighted by Gasteiger charge is 2.19. The van der Waals surface area contributed by atoms with Crippen molar-refractivity contribution in [2.24, 2.45) is 0 Å². The van der Waals surface area contributed by atoms with Crippen molar-refractivity contribution in [3.63, 3.8) is 0 Å². The van der Waals surface area contributed by atoms with E-state index in [1.165, 1.54) is 97.6 Å². The van der Waals surface area contributed by atoms with Crippen LogP contribution in [0.1, 0.15) is 87.5 Å². The molecule has 0 spiro atoms. The van der Waals surface area contributed by atoms with Crippen LogP contribution in [0, 0.1) is 0 Å². The minimum Gasteiger partial charge on any atom is -0.469 e. The van der Waals surface area contributed by atoms with Gasteiger partial charge in [0.2, 0.25) is 0 Å². The number of carbonyl (C=O) groups is 1. The molecule has 49 heavy (non-hydrogen) atoms. The number of benzene rings is 3. The molecule has 0 bridgehead atoms. The van der Waals surface area contributed by atoms with Crippen molar-refractivity contribution in [1.82, 2.24) is 0 Å². The average molecular weight is 695 g/mol. The molecule has 0 aliphatic rings. The lowest BCUT2D eigenvalue weighted by atomic mass is 9.95. The Balaban J connectivity index is 1.43. The Morgan fingerprint density at radius 2 is 1.04 bits per heavy atom. The Kier molecular flexibility index (Phi) is 14.2. The first-order valence-corrected chi connectivity index (χ1v) is 19.4. The summed E-state index contributed by atoms with van der Waals surface area (Å²) in [5.74, 6) is -0.263. The van der Waals surface area contributed by atoms with Crippen molar-refractivity contribution in [2.75, 3.05) is 14.2 Å². The van der Waals surface area contributed by atoms with Gasteiger partial charge in [-0.15, -0.1) is 22.7 Å². The van der Waals surface area contributed by atoms with Crippen LogP contribution in [0.15, 0.2) is 84.9 Å². The molecule has 0 atom stereocenters. The highest BCUT2D eigenvalue weighted by atomic mass is 32.1. The molecular formula is C43H50O4S2. The molecule has 5 aromatic rings. The molecule has 0 radical (unpaired) electrons. The maximum atomic E-state index is 12.7. The average Bonchev–Trinajstić information content (AvgIpc) is 3.83. The lowest BCUT2D eigenvalue weighted by Crippen LogP contribution is -2.07. The number of thiophene rings is 2.